The van der Waals surface area contributed by atoms with Crippen LogP contribution in [0.2, 0.25) is 0 Å². The number of benzene rings is 1. The normalized spacial score (nSPS) is 15.1. The van der Waals surface area contributed by atoms with E-state index in [0.717, 1.165) is 11.3 Å². The highest BCUT2D eigenvalue weighted by Gasteiger charge is 2.22. The van der Waals surface area contributed by atoms with Gasteiger partial charge in [-0.25, -0.2) is 4.79 Å². The highest BCUT2D eigenvalue weighted by molar-refractivity contribution is 5.97. The van der Waals surface area contributed by atoms with Gasteiger partial charge in [0.15, 0.2) is 0 Å². The molecule has 1 atom stereocenters. The molecule has 24 heavy (non-hydrogen) atoms. The van der Waals surface area contributed by atoms with E-state index in [1.165, 1.54) is 0 Å². The first-order valence-corrected chi connectivity index (χ1v) is 7.90. The fourth-order valence-corrected chi connectivity index (χ4v) is 2.73. The molecule has 1 aromatic carbocycles. The Morgan fingerprint density at radius 2 is 2.04 bits per heavy atom. The quantitative estimate of drug-likeness (QED) is 0.939. The van der Waals surface area contributed by atoms with Crippen LogP contribution in [0, 0.1) is 0 Å². The van der Waals surface area contributed by atoms with Gasteiger partial charge in [0.05, 0.1) is 6.04 Å². The Labute approximate surface area is 141 Å². The Hall–Kier alpha value is -2.89. The van der Waals surface area contributed by atoms with Gasteiger partial charge in [-0.2, -0.15) is 0 Å². The van der Waals surface area contributed by atoms with Gasteiger partial charge in [0, 0.05) is 43.8 Å². The third kappa shape index (κ3) is 3.08. The van der Waals surface area contributed by atoms with Crippen molar-refractivity contribution in [3.63, 3.8) is 0 Å². The van der Waals surface area contributed by atoms with Gasteiger partial charge in [0.25, 0.3) is 5.91 Å². The van der Waals surface area contributed by atoms with Crippen molar-refractivity contribution in [2.24, 2.45) is 0 Å². The van der Waals surface area contributed by atoms with Gasteiger partial charge in [-0.15, -0.1) is 0 Å². The van der Waals surface area contributed by atoms with Gasteiger partial charge in [0.2, 0.25) is 0 Å². The number of urea groups is 1. The van der Waals surface area contributed by atoms with Crippen molar-refractivity contribution in [3.05, 3.63) is 59.9 Å². The molecule has 1 aliphatic rings. The number of aromatic nitrogens is 1. The number of carbonyl (C=O) groups excluding carboxylic acids is 2. The average Bonchev–Trinajstić information content (AvgIpc) is 3.06. The van der Waals surface area contributed by atoms with E-state index in [-0.39, 0.29) is 18.0 Å². The Morgan fingerprint density at radius 3 is 2.62 bits per heavy atom. The summed E-state index contributed by atoms with van der Waals surface area (Å²) in [7, 11) is 1.78. The van der Waals surface area contributed by atoms with Crippen molar-refractivity contribution in [2.75, 3.05) is 25.0 Å². The second-order valence-electron chi connectivity index (χ2n) is 5.81. The fourth-order valence-electron chi connectivity index (χ4n) is 2.73. The third-order valence-corrected chi connectivity index (χ3v) is 4.35. The maximum absolute atomic E-state index is 12.7. The molecule has 1 saturated heterocycles. The summed E-state index contributed by atoms with van der Waals surface area (Å²) in [5, 5.41) is 2.76. The Kier molecular flexibility index (Phi) is 4.46. The molecule has 1 N–H and O–H groups in total. The van der Waals surface area contributed by atoms with Gasteiger partial charge in [0.1, 0.15) is 0 Å². The third-order valence-electron chi connectivity index (χ3n) is 4.35. The molecule has 2 aromatic rings. The number of rotatable bonds is 4. The van der Waals surface area contributed by atoms with Crippen molar-refractivity contribution in [1.29, 1.82) is 0 Å². The van der Waals surface area contributed by atoms with E-state index in [4.69, 9.17) is 0 Å². The zero-order valence-electron chi connectivity index (χ0n) is 13.8. The summed E-state index contributed by atoms with van der Waals surface area (Å²) >= 11 is 0. The number of pyridine rings is 1. The molecule has 0 radical (unpaired) electrons. The van der Waals surface area contributed by atoms with Gasteiger partial charge < -0.3 is 10.2 Å². The predicted molar refractivity (Wildman–Crippen MR) is 91.9 cm³/mol. The maximum Gasteiger partial charge on any atom is 0.321 e. The number of nitrogens with one attached hydrogen (secondary N) is 1. The molecule has 0 aliphatic carbocycles. The second-order valence-corrected chi connectivity index (χ2v) is 5.81. The molecule has 1 unspecified atom stereocenters. The minimum absolute atomic E-state index is 0.0659. The van der Waals surface area contributed by atoms with Crippen molar-refractivity contribution in [3.8, 4) is 0 Å². The van der Waals surface area contributed by atoms with E-state index in [2.05, 4.69) is 10.3 Å². The summed E-state index contributed by atoms with van der Waals surface area (Å²) < 4.78 is 0. The molecule has 3 rings (SSSR count). The molecule has 6 heteroatoms. The average molecular weight is 324 g/mol. The molecular weight excluding hydrogens is 304 g/mol. The number of nitrogens with zero attached hydrogens (tertiary/aromatic N) is 3. The molecule has 6 nitrogen and oxygen atoms in total. The highest BCUT2D eigenvalue weighted by Crippen LogP contribution is 2.22. The Bertz CT molecular complexity index is 730. The first-order chi connectivity index (χ1) is 11.6. The molecule has 3 amide bonds. The molecule has 0 spiro atoms. The van der Waals surface area contributed by atoms with E-state index in [1.807, 2.05) is 19.1 Å². The Morgan fingerprint density at radius 1 is 1.29 bits per heavy atom. The molecule has 0 saturated carbocycles. The van der Waals surface area contributed by atoms with Crippen LogP contribution in [0.3, 0.4) is 0 Å². The van der Waals surface area contributed by atoms with Gasteiger partial charge >= 0.3 is 6.03 Å². The van der Waals surface area contributed by atoms with Crippen molar-refractivity contribution in [1.82, 2.24) is 15.2 Å². The van der Waals surface area contributed by atoms with Crippen LogP contribution >= 0.6 is 0 Å². The van der Waals surface area contributed by atoms with Crippen LogP contribution in [0.25, 0.3) is 0 Å². The lowest BCUT2D eigenvalue weighted by Gasteiger charge is -2.25. The predicted octanol–water partition coefficient (Wildman–Crippen LogP) is 2.44. The minimum Gasteiger partial charge on any atom is -0.336 e. The molecule has 1 fully saturated rings. The van der Waals surface area contributed by atoms with Crippen LogP contribution in [-0.4, -0.2) is 42.0 Å². The van der Waals surface area contributed by atoms with Crippen LogP contribution in [0.1, 0.15) is 28.9 Å². The van der Waals surface area contributed by atoms with Crippen LogP contribution in [0.5, 0.6) is 0 Å². The summed E-state index contributed by atoms with van der Waals surface area (Å²) in [5.74, 6) is -0.0659. The lowest BCUT2D eigenvalue weighted by atomic mass is 10.1. The van der Waals surface area contributed by atoms with Crippen molar-refractivity contribution < 1.29 is 9.59 Å². The smallest absolute Gasteiger partial charge is 0.321 e. The lowest BCUT2D eigenvalue weighted by Crippen LogP contribution is -2.30. The topological polar surface area (TPSA) is 65.5 Å². The van der Waals surface area contributed by atoms with E-state index >= 15 is 0 Å². The summed E-state index contributed by atoms with van der Waals surface area (Å²) in [6.45, 7) is 3.26. The molecular formula is C18H20N4O2. The van der Waals surface area contributed by atoms with Gasteiger partial charge in [-0.1, -0.05) is 6.07 Å². The van der Waals surface area contributed by atoms with Gasteiger partial charge in [-0.05, 0) is 42.8 Å². The number of carbonyl (C=O) groups is 2. The van der Waals surface area contributed by atoms with Gasteiger partial charge in [-0.3, -0.25) is 14.7 Å². The number of amides is 3. The van der Waals surface area contributed by atoms with E-state index in [0.29, 0.717) is 18.7 Å². The Balaban J connectivity index is 1.74. The van der Waals surface area contributed by atoms with E-state index in [9.17, 15) is 9.59 Å². The molecule has 1 aliphatic heterocycles. The van der Waals surface area contributed by atoms with E-state index < -0.39 is 0 Å². The van der Waals surface area contributed by atoms with Crippen molar-refractivity contribution in [2.45, 2.75) is 13.0 Å². The summed E-state index contributed by atoms with van der Waals surface area (Å²) in [6.07, 6.45) is 3.48. The lowest BCUT2D eigenvalue weighted by molar-refractivity contribution is 0.0742. The molecule has 1 aromatic heterocycles. The maximum atomic E-state index is 12.7. The van der Waals surface area contributed by atoms with Crippen LogP contribution < -0.4 is 10.2 Å². The SMILES string of the molecule is CC(c1cccnc1)N(C)C(=O)c1ccc(N2CCNC2=O)cc1. The second kappa shape index (κ2) is 6.70. The zero-order chi connectivity index (χ0) is 17.1. The summed E-state index contributed by atoms with van der Waals surface area (Å²) in [5.41, 5.74) is 2.37. The first-order valence-electron chi connectivity index (χ1n) is 7.90. The van der Waals surface area contributed by atoms with E-state index in [1.54, 1.807) is 53.5 Å². The number of hydrogen-bond acceptors (Lipinski definition) is 3. The largest absolute Gasteiger partial charge is 0.336 e. The van der Waals surface area contributed by atoms with Crippen LogP contribution in [0.15, 0.2) is 48.8 Å². The summed E-state index contributed by atoms with van der Waals surface area (Å²) in [4.78, 5) is 31.8. The molecule has 124 valence electrons. The minimum atomic E-state index is -0.101. The van der Waals surface area contributed by atoms with Crippen LogP contribution in [0.4, 0.5) is 10.5 Å². The zero-order valence-corrected chi connectivity index (χ0v) is 13.8. The highest BCUT2D eigenvalue weighted by atomic mass is 16.2. The standard InChI is InChI=1S/C18H20N4O2/c1-13(15-4-3-9-19-12-15)21(2)17(23)14-5-7-16(8-6-14)22-11-10-20-18(22)24/h3-9,12-13H,10-11H2,1-2H3,(H,20,24). The molecule has 0 bridgehead atoms. The fraction of sp³-hybridized carbons (Fsp3) is 0.278. The summed E-state index contributed by atoms with van der Waals surface area (Å²) in [6, 6.07) is 10.8. The first kappa shape index (κ1) is 16.0. The number of hydrogen-bond donors (Lipinski definition) is 1. The number of anilines is 1. The molecule has 2 heterocycles. The monoisotopic (exact) mass is 324 g/mol. The van der Waals surface area contributed by atoms with Crippen molar-refractivity contribution >= 4 is 17.6 Å². The van der Waals surface area contributed by atoms with Crippen LogP contribution in [-0.2, 0) is 0 Å².